The maximum atomic E-state index is 13.6. The fourth-order valence-electron chi connectivity index (χ4n) is 3.31. The Morgan fingerprint density at radius 3 is 2.52 bits per heavy atom. The molecule has 0 bridgehead atoms. The van der Waals surface area contributed by atoms with Crippen molar-refractivity contribution in [2.24, 2.45) is 0 Å². The number of rotatable bonds is 6. The monoisotopic (exact) mass is 411 g/mol. The number of nitrogens with zero attached hydrogens (tertiary/aromatic N) is 3. The van der Waals surface area contributed by atoms with E-state index in [1.54, 1.807) is 24.3 Å². The Balaban J connectivity index is 1.58. The summed E-state index contributed by atoms with van der Waals surface area (Å²) in [6.45, 7) is -0.615. The first kappa shape index (κ1) is 18.7. The minimum atomic E-state index is -0.615. The SMILES string of the molecule is FCc1ccccc1-c1nc(Nc2n[nH]c3ccccc23)cc(Oc2ccccc2)n1. The predicted molar refractivity (Wildman–Crippen MR) is 118 cm³/mol. The normalized spacial score (nSPS) is 10.9. The zero-order valence-electron chi connectivity index (χ0n) is 16.4. The molecule has 0 radical (unpaired) electrons. The molecule has 0 atom stereocenters. The van der Waals surface area contributed by atoms with E-state index in [9.17, 15) is 4.39 Å². The van der Waals surface area contributed by atoms with Crippen molar-refractivity contribution in [3.8, 4) is 23.0 Å². The second-order valence-corrected chi connectivity index (χ2v) is 6.86. The molecule has 0 amide bonds. The van der Waals surface area contributed by atoms with Crippen molar-refractivity contribution in [3.05, 3.63) is 90.5 Å². The van der Waals surface area contributed by atoms with Gasteiger partial charge in [0.1, 0.15) is 18.2 Å². The number of nitrogens with one attached hydrogen (secondary N) is 2. The number of halogens is 1. The average molecular weight is 411 g/mol. The molecule has 0 aliphatic rings. The van der Waals surface area contributed by atoms with Gasteiger partial charge < -0.3 is 10.1 Å². The van der Waals surface area contributed by atoms with Crippen LogP contribution in [0, 0.1) is 0 Å². The molecule has 2 N–H and O–H groups in total. The molecule has 5 rings (SSSR count). The van der Waals surface area contributed by atoms with Gasteiger partial charge in [0.25, 0.3) is 0 Å². The number of ether oxygens (including phenoxy) is 1. The molecule has 0 aliphatic carbocycles. The summed E-state index contributed by atoms with van der Waals surface area (Å²) >= 11 is 0. The van der Waals surface area contributed by atoms with Crippen LogP contribution in [0.2, 0.25) is 0 Å². The Labute approximate surface area is 177 Å². The van der Waals surface area contributed by atoms with Crippen molar-refractivity contribution < 1.29 is 9.13 Å². The fraction of sp³-hybridized carbons (Fsp3) is 0.0417. The number of alkyl halides is 1. The number of aromatic nitrogens is 4. The molecule has 0 fully saturated rings. The van der Waals surface area contributed by atoms with Crippen molar-refractivity contribution in [3.63, 3.8) is 0 Å². The van der Waals surface area contributed by atoms with Gasteiger partial charge >= 0.3 is 0 Å². The number of fused-ring (bicyclic) bond motifs is 1. The van der Waals surface area contributed by atoms with E-state index in [2.05, 4.69) is 25.5 Å². The molecule has 2 heterocycles. The lowest BCUT2D eigenvalue weighted by molar-refractivity contribution is 0.462. The summed E-state index contributed by atoms with van der Waals surface area (Å²) < 4.78 is 19.5. The van der Waals surface area contributed by atoms with E-state index < -0.39 is 6.67 Å². The van der Waals surface area contributed by atoms with Crippen molar-refractivity contribution in [1.29, 1.82) is 0 Å². The van der Waals surface area contributed by atoms with Crippen LogP contribution in [0.5, 0.6) is 11.6 Å². The van der Waals surface area contributed by atoms with E-state index in [1.165, 1.54) is 0 Å². The van der Waals surface area contributed by atoms with Gasteiger partial charge in [-0.15, -0.1) is 0 Å². The third-order valence-corrected chi connectivity index (χ3v) is 4.79. The smallest absolute Gasteiger partial charge is 0.224 e. The molecule has 0 saturated heterocycles. The van der Waals surface area contributed by atoms with Crippen LogP contribution < -0.4 is 10.1 Å². The minimum Gasteiger partial charge on any atom is -0.439 e. The van der Waals surface area contributed by atoms with E-state index in [-0.39, 0.29) is 0 Å². The highest BCUT2D eigenvalue weighted by Crippen LogP contribution is 2.30. The molecular formula is C24H18FN5O. The number of hydrogen-bond donors (Lipinski definition) is 2. The minimum absolute atomic E-state index is 0.340. The number of H-pyrrole nitrogens is 1. The third-order valence-electron chi connectivity index (χ3n) is 4.79. The van der Waals surface area contributed by atoms with Gasteiger partial charge in [-0.1, -0.05) is 54.6 Å². The first-order chi connectivity index (χ1) is 15.3. The molecule has 7 heteroatoms. The Morgan fingerprint density at radius 1 is 0.871 bits per heavy atom. The third kappa shape index (κ3) is 3.93. The lowest BCUT2D eigenvalue weighted by Crippen LogP contribution is -2.01. The predicted octanol–water partition coefficient (Wildman–Crippen LogP) is 6.03. The highest BCUT2D eigenvalue weighted by Gasteiger charge is 2.14. The largest absolute Gasteiger partial charge is 0.439 e. The average Bonchev–Trinajstić information content (AvgIpc) is 3.22. The Hall–Kier alpha value is -4.26. The van der Waals surface area contributed by atoms with Crippen LogP contribution in [0.1, 0.15) is 5.56 Å². The Bertz CT molecular complexity index is 1340. The number of anilines is 2. The van der Waals surface area contributed by atoms with E-state index in [0.717, 1.165) is 10.9 Å². The number of aromatic amines is 1. The molecule has 152 valence electrons. The maximum absolute atomic E-state index is 13.6. The van der Waals surface area contributed by atoms with Gasteiger partial charge in [-0.2, -0.15) is 10.1 Å². The summed E-state index contributed by atoms with van der Waals surface area (Å²) in [6, 6.07) is 26.0. The van der Waals surface area contributed by atoms with Crippen LogP contribution in [-0.4, -0.2) is 20.2 Å². The summed E-state index contributed by atoms with van der Waals surface area (Å²) in [6.07, 6.45) is 0. The van der Waals surface area contributed by atoms with Gasteiger partial charge in [-0.05, 0) is 29.8 Å². The van der Waals surface area contributed by atoms with Crippen LogP contribution in [0.3, 0.4) is 0 Å². The van der Waals surface area contributed by atoms with Crippen molar-refractivity contribution in [2.75, 3.05) is 5.32 Å². The summed E-state index contributed by atoms with van der Waals surface area (Å²) in [7, 11) is 0. The molecule has 3 aromatic carbocycles. The van der Waals surface area contributed by atoms with E-state index in [4.69, 9.17) is 4.74 Å². The highest BCUT2D eigenvalue weighted by molar-refractivity contribution is 5.91. The number of para-hydroxylation sites is 2. The molecule has 2 aromatic heterocycles. The topological polar surface area (TPSA) is 75.7 Å². The van der Waals surface area contributed by atoms with Crippen molar-refractivity contribution >= 4 is 22.5 Å². The van der Waals surface area contributed by atoms with Gasteiger partial charge in [-0.25, -0.2) is 9.37 Å². The Kier molecular flexibility index (Phi) is 4.98. The van der Waals surface area contributed by atoms with E-state index in [1.807, 2.05) is 60.7 Å². The second-order valence-electron chi connectivity index (χ2n) is 6.86. The van der Waals surface area contributed by atoms with Gasteiger partial charge in [0, 0.05) is 17.0 Å². The van der Waals surface area contributed by atoms with Crippen molar-refractivity contribution in [1.82, 2.24) is 20.2 Å². The molecule has 0 saturated carbocycles. The van der Waals surface area contributed by atoms with Crippen LogP contribution in [0.25, 0.3) is 22.3 Å². The standard InChI is InChI=1S/C24H18FN5O/c25-15-16-8-4-5-11-18(16)23-26-21(14-22(28-23)31-17-9-2-1-3-10-17)27-24-19-12-6-7-13-20(19)29-30-24/h1-14H,15H2,(H2,26,27,28,29,30). The van der Waals surface area contributed by atoms with Gasteiger partial charge in [-0.3, -0.25) is 5.10 Å². The molecule has 0 unspecified atom stereocenters. The van der Waals surface area contributed by atoms with Crippen LogP contribution in [0.15, 0.2) is 84.9 Å². The zero-order chi connectivity index (χ0) is 21.0. The number of benzene rings is 3. The van der Waals surface area contributed by atoms with Gasteiger partial charge in [0.15, 0.2) is 11.6 Å². The molecule has 0 aliphatic heterocycles. The van der Waals surface area contributed by atoms with E-state index >= 15 is 0 Å². The summed E-state index contributed by atoms with van der Waals surface area (Å²) in [4.78, 5) is 9.14. The molecule has 31 heavy (non-hydrogen) atoms. The van der Waals surface area contributed by atoms with Crippen LogP contribution >= 0.6 is 0 Å². The quantitative estimate of drug-likeness (QED) is 0.357. The summed E-state index contributed by atoms with van der Waals surface area (Å²) in [5, 5.41) is 11.5. The molecule has 6 nitrogen and oxygen atoms in total. The first-order valence-electron chi connectivity index (χ1n) is 9.76. The zero-order valence-corrected chi connectivity index (χ0v) is 16.4. The fourth-order valence-corrected chi connectivity index (χ4v) is 3.31. The van der Waals surface area contributed by atoms with E-state index in [0.29, 0.717) is 40.2 Å². The van der Waals surface area contributed by atoms with Crippen LogP contribution in [0.4, 0.5) is 16.0 Å². The van der Waals surface area contributed by atoms with Gasteiger partial charge in [0.05, 0.1) is 5.52 Å². The Morgan fingerprint density at radius 2 is 1.65 bits per heavy atom. The van der Waals surface area contributed by atoms with Gasteiger partial charge in [0.2, 0.25) is 5.88 Å². The lowest BCUT2D eigenvalue weighted by Gasteiger charge is -2.11. The maximum Gasteiger partial charge on any atom is 0.224 e. The first-order valence-corrected chi connectivity index (χ1v) is 9.76. The molecular weight excluding hydrogens is 393 g/mol. The van der Waals surface area contributed by atoms with Crippen molar-refractivity contribution in [2.45, 2.75) is 6.67 Å². The summed E-state index contributed by atoms with van der Waals surface area (Å²) in [5.41, 5.74) is 2.02. The molecule has 5 aromatic rings. The number of hydrogen-bond acceptors (Lipinski definition) is 5. The highest BCUT2D eigenvalue weighted by atomic mass is 19.1. The lowest BCUT2D eigenvalue weighted by atomic mass is 10.1. The second kappa shape index (κ2) is 8.23. The molecule has 0 spiro atoms. The van der Waals surface area contributed by atoms with Crippen LogP contribution in [-0.2, 0) is 6.67 Å². The summed E-state index contributed by atoms with van der Waals surface area (Å²) in [5.74, 6) is 2.46.